The van der Waals surface area contributed by atoms with Crippen LogP contribution >= 0.6 is 11.6 Å². The van der Waals surface area contributed by atoms with Crippen LogP contribution in [0.15, 0.2) is 0 Å². The molecule has 0 aliphatic carbocycles. The zero-order valence-corrected chi connectivity index (χ0v) is 12.0. The quantitative estimate of drug-likeness (QED) is 0.415. The number of hydrogen-bond donors (Lipinski definition) is 2. The van der Waals surface area contributed by atoms with Gasteiger partial charge in [0, 0.05) is 0 Å². The van der Waals surface area contributed by atoms with Gasteiger partial charge in [0.1, 0.15) is 0 Å². The molecule has 0 aromatic heterocycles. The molecule has 0 aliphatic rings. The molecular formula is C14H29ClO2. The monoisotopic (exact) mass is 264 g/mol. The lowest BCUT2D eigenvalue weighted by atomic mass is 10.0. The fraction of sp³-hybridized carbons (Fsp3) is 1.00. The summed E-state index contributed by atoms with van der Waals surface area (Å²) < 4.78 is 0. The van der Waals surface area contributed by atoms with Crippen molar-refractivity contribution in [3.8, 4) is 0 Å². The molecule has 0 radical (unpaired) electrons. The van der Waals surface area contributed by atoms with Crippen molar-refractivity contribution in [2.45, 2.75) is 83.3 Å². The molecule has 0 bridgehead atoms. The summed E-state index contributed by atoms with van der Waals surface area (Å²) in [6, 6.07) is 0. The van der Waals surface area contributed by atoms with Crippen molar-refractivity contribution in [1.29, 1.82) is 0 Å². The van der Waals surface area contributed by atoms with Crippen LogP contribution in [0.25, 0.3) is 0 Å². The van der Waals surface area contributed by atoms with E-state index in [1.165, 1.54) is 44.9 Å². The second kappa shape index (κ2) is 12.7. The van der Waals surface area contributed by atoms with E-state index in [0.717, 1.165) is 12.8 Å². The van der Waals surface area contributed by atoms with Gasteiger partial charge in [-0.2, -0.15) is 0 Å². The molecule has 2 atom stereocenters. The SMILES string of the molecule is CCCCCCCCCCC[C@H](O)[C@@H](O)CCl. The molecule has 17 heavy (non-hydrogen) atoms. The summed E-state index contributed by atoms with van der Waals surface area (Å²) in [6.45, 7) is 2.24. The van der Waals surface area contributed by atoms with E-state index in [2.05, 4.69) is 6.92 Å². The van der Waals surface area contributed by atoms with Gasteiger partial charge in [-0.05, 0) is 6.42 Å². The Morgan fingerprint density at radius 1 is 0.765 bits per heavy atom. The predicted octanol–water partition coefficient (Wildman–Crippen LogP) is 3.87. The summed E-state index contributed by atoms with van der Waals surface area (Å²) in [5, 5.41) is 18.8. The maximum Gasteiger partial charge on any atom is 0.0933 e. The molecule has 2 nitrogen and oxygen atoms in total. The van der Waals surface area contributed by atoms with E-state index in [9.17, 15) is 10.2 Å². The second-order valence-corrected chi connectivity index (χ2v) is 5.21. The molecule has 0 aliphatic heterocycles. The maximum absolute atomic E-state index is 9.48. The topological polar surface area (TPSA) is 40.5 Å². The van der Waals surface area contributed by atoms with Crippen LogP contribution in [0.1, 0.15) is 71.1 Å². The van der Waals surface area contributed by atoms with E-state index in [1.807, 2.05) is 0 Å². The molecule has 0 saturated carbocycles. The highest BCUT2D eigenvalue weighted by atomic mass is 35.5. The third-order valence-corrected chi connectivity index (χ3v) is 3.52. The van der Waals surface area contributed by atoms with Gasteiger partial charge in [-0.3, -0.25) is 0 Å². The van der Waals surface area contributed by atoms with Gasteiger partial charge in [0.05, 0.1) is 18.1 Å². The Balaban J connectivity index is 3.13. The first-order valence-electron chi connectivity index (χ1n) is 7.14. The van der Waals surface area contributed by atoms with Gasteiger partial charge in [-0.15, -0.1) is 11.6 Å². The van der Waals surface area contributed by atoms with E-state index >= 15 is 0 Å². The third-order valence-electron chi connectivity index (χ3n) is 3.21. The fourth-order valence-corrected chi connectivity index (χ4v) is 2.17. The molecule has 0 aromatic carbocycles. The lowest BCUT2D eigenvalue weighted by molar-refractivity contribution is 0.0267. The Kier molecular flexibility index (Phi) is 12.8. The van der Waals surface area contributed by atoms with Crippen LogP contribution in [0.4, 0.5) is 0 Å². The average Bonchev–Trinajstić information content (AvgIpc) is 2.35. The summed E-state index contributed by atoms with van der Waals surface area (Å²) in [7, 11) is 0. The van der Waals surface area contributed by atoms with Crippen molar-refractivity contribution in [1.82, 2.24) is 0 Å². The summed E-state index contributed by atoms with van der Waals surface area (Å²) in [6.07, 6.45) is 10.7. The molecule has 0 spiro atoms. The summed E-state index contributed by atoms with van der Waals surface area (Å²) in [5.74, 6) is 0.124. The number of alkyl halides is 1. The molecular weight excluding hydrogens is 236 g/mol. The Morgan fingerprint density at radius 3 is 1.71 bits per heavy atom. The van der Waals surface area contributed by atoms with Crippen LogP contribution in [0.2, 0.25) is 0 Å². The van der Waals surface area contributed by atoms with Gasteiger partial charge in [0.2, 0.25) is 0 Å². The third kappa shape index (κ3) is 11.1. The minimum absolute atomic E-state index is 0.124. The van der Waals surface area contributed by atoms with E-state index in [0.29, 0.717) is 6.42 Å². The van der Waals surface area contributed by atoms with Crippen molar-refractivity contribution < 1.29 is 10.2 Å². The predicted molar refractivity (Wildman–Crippen MR) is 74.6 cm³/mol. The number of aliphatic hydroxyl groups is 2. The highest BCUT2D eigenvalue weighted by Gasteiger charge is 2.13. The zero-order chi connectivity index (χ0) is 12.9. The first-order valence-corrected chi connectivity index (χ1v) is 7.68. The van der Waals surface area contributed by atoms with E-state index in [-0.39, 0.29) is 5.88 Å². The van der Waals surface area contributed by atoms with Crippen molar-refractivity contribution in [2.75, 3.05) is 5.88 Å². The molecule has 0 unspecified atom stereocenters. The second-order valence-electron chi connectivity index (χ2n) is 4.91. The Morgan fingerprint density at radius 2 is 1.24 bits per heavy atom. The van der Waals surface area contributed by atoms with E-state index < -0.39 is 12.2 Å². The molecule has 0 saturated heterocycles. The average molecular weight is 265 g/mol. The highest BCUT2D eigenvalue weighted by Crippen LogP contribution is 2.12. The Labute approximate surface area is 111 Å². The van der Waals surface area contributed by atoms with E-state index in [4.69, 9.17) is 11.6 Å². The van der Waals surface area contributed by atoms with E-state index in [1.54, 1.807) is 0 Å². The smallest absolute Gasteiger partial charge is 0.0933 e. The van der Waals surface area contributed by atoms with Crippen LogP contribution < -0.4 is 0 Å². The summed E-state index contributed by atoms with van der Waals surface area (Å²) in [4.78, 5) is 0. The lowest BCUT2D eigenvalue weighted by Gasteiger charge is -2.14. The molecule has 104 valence electrons. The normalized spacial score (nSPS) is 14.8. The van der Waals surface area contributed by atoms with Crippen LogP contribution in [-0.4, -0.2) is 28.3 Å². The van der Waals surface area contributed by atoms with Gasteiger partial charge >= 0.3 is 0 Å². The highest BCUT2D eigenvalue weighted by molar-refractivity contribution is 6.18. The van der Waals surface area contributed by atoms with Crippen molar-refractivity contribution in [3.63, 3.8) is 0 Å². The molecule has 0 heterocycles. The summed E-state index contributed by atoms with van der Waals surface area (Å²) in [5.41, 5.74) is 0. The minimum atomic E-state index is -0.759. The molecule has 3 heteroatoms. The van der Waals surface area contributed by atoms with Crippen LogP contribution in [0.5, 0.6) is 0 Å². The Bertz CT molecular complexity index is 153. The van der Waals surface area contributed by atoms with Gasteiger partial charge < -0.3 is 10.2 Å². The lowest BCUT2D eigenvalue weighted by Crippen LogP contribution is -2.27. The van der Waals surface area contributed by atoms with Gasteiger partial charge in [0.15, 0.2) is 0 Å². The molecule has 0 amide bonds. The first kappa shape index (κ1) is 17.2. The van der Waals surface area contributed by atoms with Crippen LogP contribution in [0, 0.1) is 0 Å². The van der Waals surface area contributed by atoms with Crippen molar-refractivity contribution in [2.24, 2.45) is 0 Å². The molecule has 0 aromatic rings. The number of aliphatic hydroxyl groups excluding tert-OH is 2. The molecule has 0 fully saturated rings. The number of hydrogen-bond acceptors (Lipinski definition) is 2. The molecule has 2 N–H and O–H groups in total. The fourth-order valence-electron chi connectivity index (χ4n) is 1.96. The van der Waals surface area contributed by atoms with Crippen LogP contribution in [-0.2, 0) is 0 Å². The minimum Gasteiger partial charge on any atom is -0.390 e. The largest absolute Gasteiger partial charge is 0.390 e. The first-order chi connectivity index (χ1) is 8.22. The van der Waals surface area contributed by atoms with Gasteiger partial charge in [-0.1, -0.05) is 64.7 Å². The Hall–Kier alpha value is 0.210. The standard InChI is InChI=1S/C14H29ClO2/c1-2-3-4-5-6-7-8-9-10-11-13(16)14(17)12-15/h13-14,16-17H,2-12H2,1H3/t13-,14-/m0/s1. The number of unbranched alkanes of at least 4 members (excludes halogenated alkanes) is 8. The van der Waals surface area contributed by atoms with Crippen molar-refractivity contribution in [3.05, 3.63) is 0 Å². The zero-order valence-electron chi connectivity index (χ0n) is 11.2. The molecule has 0 rings (SSSR count). The summed E-state index contributed by atoms with van der Waals surface area (Å²) >= 11 is 5.46. The number of rotatable bonds is 12. The van der Waals surface area contributed by atoms with Gasteiger partial charge in [0.25, 0.3) is 0 Å². The van der Waals surface area contributed by atoms with Gasteiger partial charge in [-0.25, -0.2) is 0 Å². The van der Waals surface area contributed by atoms with Crippen LogP contribution in [0.3, 0.4) is 0 Å². The van der Waals surface area contributed by atoms with Crippen molar-refractivity contribution >= 4 is 11.6 Å². The number of halogens is 1. The maximum atomic E-state index is 9.48.